The van der Waals surface area contributed by atoms with Crippen molar-refractivity contribution in [1.29, 1.82) is 0 Å². The number of nitrogens with zero attached hydrogens (tertiary/aromatic N) is 2. The minimum absolute atomic E-state index is 0.539. The second-order valence-electron chi connectivity index (χ2n) is 5.46. The summed E-state index contributed by atoms with van der Waals surface area (Å²) < 4.78 is 5.22. The molecule has 0 saturated heterocycles. The molecule has 2 aromatic carbocycles. The van der Waals surface area contributed by atoms with E-state index in [1.165, 1.54) is 11.1 Å². The number of aryl methyl sites for hydroxylation is 1. The van der Waals surface area contributed by atoms with Gasteiger partial charge in [0.05, 0.1) is 7.11 Å². The third-order valence-corrected chi connectivity index (χ3v) is 3.58. The van der Waals surface area contributed by atoms with Crippen molar-refractivity contribution in [1.82, 2.24) is 9.97 Å². The van der Waals surface area contributed by atoms with Gasteiger partial charge in [-0.15, -0.1) is 0 Å². The van der Waals surface area contributed by atoms with Crippen molar-refractivity contribution < 1.29 is 4.74 Å². The van der Waals surface area contributed by atoms with Gasteiger partial charge < -0.3 is 15.4 Å². The third kappa shape index (κ3) is 4.23. The Morgan fingerprint density at radius 1 is 1.04 bits per heavy atom. The van der Waals surface area contributed by atoms with E-state index in [2.05, 4.69) is 51.8 Å². The Morgan fingerprint density at radius 3 is 2.67 bits per heavy atom. The minimum atomic E-state index is 0.539. The molecule has 0 fully saturated rings. The lowest BCUT2D eigenvalue weighted by Crippen LogP contribution is -2.04. The number of anilines is 3. The fourth-order valence-corrected chi connectivity index (χ4v) is 2.25. The topological polar surface area (TPSA) is 59.1 Å². The van der Waals surface area contributed by atoms with Crippen molar-refractivity contribution in [2.75, 3.05) is 17.7 Å². The summed E-state index contributed by atoms with van der Waals surface area (Å²) in [4.78, 5) is 8.74. The van der Waals surface area contributed by atoms with Crippen LogP contribution < -0.4 is 15.4 Å². The lowest BCUT2D eigenvalue weighted by atomic mass is 10.1. The van der Waals surface area contributed by atoms with Gasteiger partial charge in [0.15, 0.2) is 0 Å². The Morgan fingerprint density at radius 2 is 1.88 bits per heavy atom. The zero-order valence-electron chi connectivity index (χ0n) is 13.8. The molecule has 0 atom stereocenters. The summed E-state index contributed by atoms with van der Waals surface area (Å²) in [6.07, 6.45) is 1.73. The molecule has 5 heteroatoms. The molecule has 3 rings (SSSR count). The van der Waals surface area contributed by atoms with Gasteiger partial charge in [-0.3, -0.25) is 0 Å². The normalized spacial score (nSPS) is 10.2. The molecule has 1 heterocycles. The zero-order chi connectivity index (χ0) is 16.8. The summed E-state index contributed by atoms with van der Waals surface area (Å²) in [5.74, 6) is 2.10. The molecule has 0 saturated carbocycles. The molecular formula is C19H20N4O. The zero-order valence-corrected chi connectivity index (χ0v) is 13.8. The van der Waals surface area contributed by atoms with Crippen molar-refractivity contribution in [2.24, 2.45) is 0 Å². The summed E-state index contributed by atoms with van der Waals surface area (Å²) in [7, 11) is 1.64. The van der Waals surface area contributed by atoms with Crippen LogP contribution in [0.3, 0.4) is 0 Å². The highest BCUT2D eigenvalue weighted by Crippen LogP contribution is 2.20. The van der Waals surface area contributed by atoms with Gasteiger partial charge in [-0.1, -0.05) is 35.9 Å². The van der Waals surface area contributed by atoms with Crippen LogP contribution in [0.4, 0.5) is 17.5 Å². The fraction of sp³-hybridized carbons (Fsp3) is 0.158. The molecule has 0 spiro atoms. The minimum Gasteiger partial charge on any atom is -0.497 e. The van der Waals surface area contributed by atoms with Gasteiger partial charge in [0.25, 0.3) is 0 Å². The Kier molecular flexibility index (Phi) is 4.91. The average Bonchev–Trinajstić information content (AvgIpc) is 2.62. The van der Waals surface area contributed by atoms with Crippen LogP contribution in [0, 0.1) is 6.92 Å². The number of ether oxygens (including phenoxy) is 1. The molecule has 0 bridgehead atoms. The van der Waals surface area contributed by atoms with Crippen LogP contribution in [0.25, 0.3) is 0 Å². The molecule has 1 aromatic heterocycles. The van der Waals surface area contributed by atoms with Crippen molar-refractivity contribution >= 4 is 17.5 Å². The lowest BCUT2D eigenvalue weighted by molar-refractivity contribution is 0.415. The molecule has 0 aliphatic carbocycles. The highest BCUT2D eigenvalue weighted by Gasteiger charge is 2.02. The van der Waals surface area contributed by atoms with Gasteiger partial charge in [-0.05, 0) is 30.7 Å². The molecule has 0 unspecified atom stereocenters. The second-order valence-corrected chi connectivity index (χ2v) is 5.46. The summed E-state index contributed by atoms with van der Waals surface area (Å²) in [6, 6.07) is 17.9. The molecular weight excluding hydrogens is 300 g/mol. The molecule has 0 aliphatic rings. The Bertz CT molecular complexity index is 802. The largest absolute Gasteiger partial charge is 0.497 e. The first-order valence-corrected chi connectivity index (χ1v) is 7.76. The Labute approximate surface area is 141 Å². The smallest absolute Gasteiger partial charge is 0.229 e. The summed E-state index contributed by atoms with van der Waals surface area (Å²) in [5, 5.41) is 6.50. The predicted octanol–water partition coefficient (Wildman–Crippen LogP) is 4.15. The molecule has 24 heavy (non-hydrogen) atoms. The number of nitrogens with one attached hydrogen (secondary N) is 2. The van der Waals surface area contributed by atoms with Gasteiger partial charge in [0.2, 0.25) is 5.95 Å². The van der Waals surface area contributed by atoms with Crippen LogP contribution in [0.5, 0.6) is 5.75 Å². The van der Waals surface area contributed by atoms with Gasteiger partial charge in [-0.2, -0.15) is 4.98 Å². The Hall–Kier alpha value is -3.08. The predicted molar refractivity (Wildman–Crippen MR) is 96.8 cm³/mol. The summed E-state index contributed by atoms with van der Waals surface area (Å²) in [6.45, 7) is 2.80. The fourth-order valence-electron chi connectivity index (χ4n) is 2.25. The number of hydrogen-bond donors (Lipinski definition) is 2. The third-order valence-electron chi connectivity index (χ3n) is 3.58. The molecule has 0 aliphatic heterocycles. The first-order valence-electron chi connectivity index (χ1n) is 7.76. The van der Waals surface area contributed by atoms with Gasteiger partial charge in [0.1, 0.15) is 11.6 Å². The lowest BCUT2D eigenvalue weighted by Gasteiger charge is -2.09. The van der Waals surface area contributed by atoms with Gasteiger partial charge >= 0.3 is 0 Å². The first-order chi connectivity index (χ1) is 11.7. The standard InChI is InChI=1S/C19H20N4O/c1-14-6-8-15(9-7-14)13-21-18-10-11-20-19(23-18)22-16-4-3-5-17(12-16)24-2/h3-12H,13H2,1-2H3,(H2,20,21,22,23). The van der Waals surface area contributed by atoms with E-state index >= 15 is 0 Å². The van der Waals surface area contributed by atoms with Gasteiger partial charge in [0, 0.05) is 24.5 Å². The van der Waals surface area contributed by atoms with Crippen LogP contribution in [-0.2, 0) is 6.54 Å². The summed E-state index contributed by atoms with van der Waals surface area (Å²) >= 11 is 0. The maximum atomic E-state index is 5.22. The van der Waals surface area contributed by atoms with Crippen molar-refractivity contribution in [3.8, 4) is 5.75 Å². The van der Waals surface area contributed by atoms with E-state index in [0.29, 0.717) is 5.95 Å². The monoisotopic (exact) mass is 320 g/mol. The second kappa shape index (κ2) is 7.46. The molecule has 5 nitrogen and oxygen atoms in total. The van der Waals surface area contributed by atoms with Crippen LogP contribution >= 0.6 is 0 Å². The molecule has 0 radical (unpaired) electrons. The molecule has 122 valence electrons. The van der Waals surface area contributed by atoms with E-state index in [0.717, 1.165) is 23.8 Å². The SMILES string of the molecule is COc1cccc(Nc2nccc(NCc3ccc(C)cc3)n2)c1. The number of methoxy groups -OCH3 is 1. The molecule has 0 amide bonds. The molecule has 3 aromatic rings. The van der Waals surface area contributed by atoms with E-state index in [4.69, 9.17) is 4.74 Å². The van der Waals surface area contributed by atoms with Crippen LogP contribution in [0.15, 0.2) is 60.8 Å². The van der Waals surface area contributed by atoms with E-state index in [9.17, 15) is 0 Å². The van der Waals surface area contributed by atoms with E-state index in [1.54, 1.807) is 13.3 Å². The van der Waals surface area contributed by atoms with Crippen molar-refractivity contribution in [3.05, 3.63) is 71.9 Å². The van der Waals surface area contributed by atoms with Crippen molar-refractivity contribution in [3.63, 3.8) is 0 Å². The number of benzene rings is 2. The van der Waals surface area contributed by atoms with Crippen LogP contribution in [0.2, 0.25) is 0 Å². The highest BCUT2D eigenvalue weighted by molar-refractivity contribution is 5.57. The highest BCUT2D eigenvalue weighted by atomic mass is 16.5. The number of hydrogen-bond acceptors (Lipinski definition) is 5. The first kappa shape index (κ1) is 15.8. The van der Waals surface area contributed by atoms with Crippen molar-refractivity contribution in [2.45, 2.75) is 13.5 Å². The van der Waals surface area contributed by atoms with E-state index < -0.39 is 0 Å². The number of aromatic nitrogens is 2. The summed E-state index contributed by atoms with van der Waals surface area (Å²) in [5.41, 5.74) is 3.34. The quantitative estimate of drug-likeness (QED) is 0.714. The van der Waals surface area contributed by atoms with E-state index in [1.807, 2.05) is 30.3 Å². The van der Waals surface area contributed by atoms with Crippen LogP contribution in [-0.4, -0.2) is 17.1 Å². The maximum Gasteiger partial charge on any atom is 0.229 e. The molecule has 2 N–H and O–H groups in total. The van der Waals surface area contributed by atoms with Gasteiger partial charge in [-0.25, -0.2) is 4.98 Å². The average molecular weight is 320 g/mol. The number of rotatable bonds is 6. The maximum absolute atomic E-state index is 5.22. The Balaban J connectivity index is 1.66. The van der Waals surface area contributed by atoms with Crippen LogP contribution in [0.1, 0.15) is 11.1 Å². The van der Waals surface area contributed by atoms with E-state index in [-0.39, 0.29) is 0 Å².